The normalized spacial score (nSPS) is 14.7. The predicted molar refractivity (Wildman–Crippen MR) is 107 cm³/mol. The highest BCUT2D eigenvalue weighted by atomic mass is 32.2. The van der Waals surface area contributed by atoms with Gasteiger partial charge >= 0.3 is 0 Å². The smallest absolute Gasteiger partial charge is 0.236 e. The van der Waals surface area contributed by atoms with Crippen LogP contribution in [-0.2, 0) is 17.8 Å². The Labute approximate surface area is 163 Å². The minimum Gasteiger partial charge on any atom is -0.337 e. The van der Waals surface area contributed by atoms with Crippen LogP contribution in [0.25, 0.3) is 11.4 Å². The van der Waals surface area contributed by atoms with Gasteiger partial charge in [-0.25, -0.2) is 4.98 Å². The van der Waals surface area contributed by atoms with Crippen LogP contribution in [0.15, 0.2) is 53.7 Å². The van der Waals surface area contributed by atoms with Crippen LogP contribution in [0, 0.1) is 6.92 Å². The zero-order valence-electron chi connectivity index (χ0n) is 15.5. The third-order valence-corrected chi connectivity index (χ3v) is 5.81. The summed E-state index contributed by atoms with van der Waals surface area (Å²) < 4.78 is 0. The van der Waals surface area contributed by atoms with Crippen LogP contribution in [0.3, 0.4) is 0 Å². The number of hydrogen-bond donors (Lipinski definition) is 1. The standard InChI is InChI=1S/C21H22N4OS/c1-14-7-9-17(10-8-14)19-22-21(24-23-19)27-15(2)20(26)25-12-11-16-5-3-4-6-18(16)13-25/h3-10,15H,11-13H2,1-2H3,(H,22,23,24)/t15-/m1/s1. The lowest BCUT2D eigenvalue weighted by atomic mass is 10.00. The van der Waals surface area contributed by atoms with Crippen LogP contribution >= 0.6 is 11.8 Å². The molecule has 1 aromatic heterocycles. The fraction of sp³-hybridized carbons (Fsp3) is 0.286. The molecule has 1 aliphatic rings. The van der Waals surface area contributed by atoms with E-state index in [0.717, 1.165) is 24.4 Å². The Morgan fingerprint density at radius 1 is 1.15 bits per heavy atom. The maximum atomic E-state index is 12.9. The predicted octanol–water partition coefficient (Wildman–Crippen LogP) is 3.85. The van der Waals surface area contributed by atoms with Gasteiger partial charge in [-0.3, -0.25) is 9.89 Å². The lowest BCUT2D eigenvalue weighted by Gasteiger charge is -2.30. The largest absolute Gasteiger partial charge is 0.337 e. The van der Waals surface area contributed by atoms with Crippen molar-refractivity contribution in [3.63, 3.8) is 0 Å². The number of aryl methyl sites for hydroxylation is 1. The quantitative estimate of drug-likeness (QED) is 0.701. The molecular formula is C21H22N4OS. The summed E-state index contributed by atoms with van der Waals surface area (Å²) >= 11 is 1.40. The second-order valence-corrected chi connectivity index (χ2v) is 8.18. The molecule has 0 saturated heterocycles. The van der Waals surface area contributed by atoms with E-state index in [4.69, 9.17) is 0 Å². The summed E-state index contributed by atoms with van der Waals surface area (Å²) in [5.74, 6) is 0.861. The third-order valence-electron chi connectivity index (χ3n) is 4.86. The molecule has 0 saturated carbocycles. The van der Waals surface area contributed by atoms with Crippen molar-refractivity contribution >= 4 is 17.7 Å². The molecule has 0 radical (unpaired) electrons. The second kappa shape index (κ2) is 7.56. The Morgan fingerprint density at radius 3 is 2.67 bits per heavy atom. The van der Waals surface area contributed by atoms with Gasteiger partial charge in [-0.2, -0.15) is 0 Å². The Hall–Kier alpha value is -2.60. The van der Waals surface area contributed by atoms with Crippen molar-refractivity contribution in [3.05, 3.63) is 65.2 Å². The summed E-state index contributed by atoms with van der Waals surface area (Å²) in [4.78, 5) is 19.3. The summed E-state index contributed by atoms with van der Waals surface area (Å²) in [6, 6.07) is 16.5. The highest BCUT2D eigenvalue weighted by Crippen LogP contribution is 2.26. The van der Waals surface area contributed by atoms with Crippen molar-refractivity contribution in [3.8, 4) is 11.4 Å². The molecule has 2 heterocycles. The van der Waals surface area contributed by atoms with Crippen LogP contribution in [0.4, 0.5) is 0 Å². The molecule has 0 bridgehead atoms. The van der Waals surface area contributed by atoms with Crippen LogP contribution in [0.1, 0.15) is 23.6 Å². The number of carbonyl (C=O) groups excluding carboxylic acids is 1. The number of benzene rings is 2. The number of rotatable bonds is 4. The number of amides is 1. The molecule has 3 aromatic rings. The van der Waals surface area contributed by atoms with E-state index in [1.807, 2.05) is 42.2 Å². The minimum absolute atomic E-state index is 0.135. The molecule has 1 N–H and O–H groups in total. The van der Waals surface area contributed by atoms with E-state index < -0.39 is 0 Å². The number of nitrogens with one attached hydrogen (secondary N) is 1. The summed E-state index contributed by atoms with van der Waals surface area (Å²) in [6.45, 7) is 5.43. The summed E-state index contributed by atoms with van der Waals surface area (Å²) in [5.41, 5.74) is 4.79. The molecule has 5 nitrogen and oxygen atoms in total. The van der Waals surface area contributed by atoms with Crippen molar-refractivity contribution in [1.29, 1.82) is 0 Å². The second-order valence-electron chi connectivity index (χ2n) is 6.87. The lowest BCUT2D eigenvalue weighted by Crippen LogP contribution is -2.40. The first-order chi connectivity index (χ1) is 13.1. The number of thioether (sulfide) groups is 1. The Morgan fingerprint density at radius 2 is 1.89 bits per heavy atom. The van der Waals surface area contributed by atoms with Crippen LogP contribution in [0.5, 0.6) is 0 Å². The van der Waals surface area contributed by atoms with Gasteiger partial charge in [0.1, 0.15) is 0 Å². The van der Waals surface area contributed by atoms with Crippen molar-refractivity contribution < 1.29 is 4.79 Å². The fourth-order valence-electron chi connectivity index (χ4n) is 3.29. The number of hydrogen-bond acceptors (Lipinski definition) is 4. The number of carbonyl (C=O) groups is 1. The SMILES string of the molecule is Cc1ccc(-c2nc(S[C@H](C)C(=O)N3CCc4ccccc4C3)n[nH]2)cc1. The zero-order valence-corrected chi connectivity index (χ0v) is 16.3. The molecule has 0 unspecified atom stereocenters. The van der Waals surface area contributed by atoms with E-state index in [1.54, 1.807) is 0 Å². The van der Waals surface area contributed by atoms with Crippen LogP contribution < -0.4 is 0 Å². The Kier molecular flexibility index (Phi) is 4.99. The van der Waals surface area contributed by atoms with Gasteiger partial charge in [0, 0.05) is 18.7 Å². The Balaban J connectivity index is 1.41. The van der Waals surface area contributed by atoms with Gasteiger partial charge in [0.25, 0.3) is 0 Å². The maximum absolute atomic E-state index is 12.9. The minimum atomic E-state index is -0.225. The van der Waals surface area contributed by atoms with Crippen molar-refractivity contribution in [2.75, 3.05) is 6.54 Å². The number of fused-ring (bicyclic) bond motifs is 1. The zero-order chi connectivity index (χ0) is 18.8. The molecule has 138 valence electrons. The molecule has 4 rings (SSSR count). The van der Waals surface area contributed by atoms with E-state index in [-0.39, 0.29) is 11.2 Å². The number of nitrogens with zero attached hydrogens (tertiary/aromatic N) is 3. The van der Waals surface area contributed by atoms with E-state index in [1.165, 1.54) is 28.5 Å². The highest BCUT2D eigenvalue weighted by molar-refractivity contribution is 8.00. The Bertz CT molecular complexity index is 951. The monoisotopic (exact) mass is 378 g/mol. The molecule has 1 aliphatic heterocycles. The average molecular weight is 379 g/mol. The molecule has 0 fully saturated rings. The van der Waals surface area contributed by atoms with Gasteiger partial charge < -0.3 is 4.90 Å². The van der Waals surface area contributed by atoms with Gasteiger partial charge in [0.05, 0.1) is 5.25 Å². The van der Waals surface area contributed by atoms with Crippen molar-refractivity contribution in [2.45, 2.75) is 37.2 Å². The third kappa shape index (κ3) is 3.90. The highest BCUT2D eigenvalue weighted by Gasteiger charge is 2.26. The molecule has 1 amide bonds. The van der Waals surface area contributed by atoms with Crippen molar-refractivity contribution in [1.82, 2.24) is 20.1 Å². The summed E-state index contributed by atoms with van der Waals surface area (Å²) in [5, 5.41) is 7.62. The van der Waals surface area contributed by atoms with E-state index >= 15 is 0 Å². The first-order valence-corrected chi connectivity index (χ1v) is 10.00. The topological polar surface area (TPSA) is 61.9 Å². The molecule has 27 heavy (non-hydrogen) atoms. The van der Waals surface area contributed by atoms with Crippen LogP contribution in [0.2, 0.25) is 0 Å². The van der Waals surface area contributed by atoms with Gasteiger partial charge in [-0.05, 0) is 31.4 Å². The maximum Gasteiger partial charge on any atom is 0.236 e. The molecular weight excluding hydrogens is 356 g/mol. The fourth-order valence-corrected chi connectivity index (χ4v) is 4.10. The number of aromatic nitrogens is 3. The number of aromatic amines is 1. The average Bonchev–Trinajstić information content (AvgIpc) is 3.16. The van der Waals surface area contributed by atoms with Gasteiger partial charge in [0.2, 0.25) is 11.1 Å². The first kappa shape index (κ1) is 17.8. The van der Waals surface area contributed by atoms with Crippen LogP contribution in [-0.4, -0.2) is 37.8 Å². The molecule has 0 spiro atoms. The van der Waals surface area contributed by atoms with E-state index in [2.05, 4.69) is 40.3 Å². The lowest BCUT2D eigenvalue weighted by molar-refractivity contribution is -0.131. The summed E-state index contributed by atoms with van der Waals surface area (Å²) in [7, 11) is 0. The van der Waals surface area contributed by atoms with Gasteiger partial charge in [-0.1, -0.05) is 65.9 Å². The molecule has 1 atom stereocenters. The van der Waals surface area contributed by atoms with Crippen molar-refractivity contribution in [2.24, 2.45) is 0 Å². The summed E-state index contributed by atoms with van der Waals surface area (Å²) in [6.07, 6.45) is 0.914. The van der Waals surface area contributed by atoms with Gasteiger partial charge in [-0.15, -0.1) is 5.10 Å². The number of H-pyrrole nitrogens is 1. The molecule has 2 aromatic carbocycles. The van der Waals surface area contributed by atoms with E-state index in [9.17, 15) is 4.79 Å². The van der Waals surface area contributed by atoms with Gasteiger partial charge in [0.15, 0.2) is 5.82 Å². The first-order valence-electron chi connectivity index (χ1n) is 9.12. The molecule has 0 aliphatic carbocycles. The molecule has 6 heteroatoms. The van der Waals surface area contributed by atoms with E-state index in [0.29, 0.717) is 11.7 Å².